The van der Waals surface area contributed by atoms with Gasteiger partial charge in [-0.2, -0.15) is 0 Å². The van der Waals surface area contributed by atoms with Crippen LogP contribution in [0.5, 0.6) is 0 Å². The molecule has 29 heavy (non-hydrogen) atoms. The molecule has 0 aliphatic carbocycles. The fraction of sp³-hybridized carbons (Fsp3) is 0.571. The van der Waals surface area contributed by atoms with Crippen LogP contribution in [0.4, 0.5) is 0 Å². The van der Waals surface area contributed by atoms with Gasteiger partial charge in [0, 0.05) is 38.3 Å². The molecule has 1 fully saturated rings. The number of likely N-dealkylation sites (tertiary alicyclic amines) is 1. The molecule has 1 aliphatic rings. The molecule has 8 heteroatoms. The predicted molar refractivity (Wildman–Crippen MR) is 116 cm³/mol. The highest BCUT2D eigenvalue weighted by Gasteiger charge is 2.17. The summed E-state index contributed by atoms with van der Waals surface area (Å²) in [5.74, 6) is -0.118. The molecule has 0 spiro atoms. The largest absolute Gasteiger partial charge is 0.368 e. The molecule has 1 unspecified atom stereocenters. The van der Waals surface area contributed by atoms with E-state index in [-0.39, 0.29) is 12.5 Å². The van der Waals surface area contributed by atoms with E-state index in [9.17, 15) is 9.59 Å². The van der Waals surface area contributed by atoms with E-state index in [4.69, 9.17) is 5.73 Å². The standard InChI is InChI=1S/C21H34N6O2/c1-16-6-3-4-12-27(16)13-5-11-24-21(23-2)26-14-17-7-9-18(10-8-17)20(29)25-15-19(22)28/h7-10,16H,3-6,11-15H2,1-2H3,(H2,22,28)(H,25,29)(H2,23,24,26). The van der Waals surface area contributed by atoms with Crippen LogP contribution < -0.4 is 21.7 Å². The molecule has 0 radical (unpaired) electrons. The molecular weight excluding hydrogens is 368 g/mol. The van der Waals surface area contributed by atoms with Crippen LogP contribution in [0.3, 0.4) is 0 Å². The van der Waals surface area contributed by atoms with Gasteiger partial charge in [-0.1, -0.05) is 18.6 Å². The first-order valence-corrected chi connectivity index (χ1v) is 10.3. The van der Waals surface area contributed by atoms with Crippen LogP contribution in [0.2, 0.25) is 0 Å². The number of carbonyl (C=O) groups is 2. The number of carbonyl (C=O) groups excluding carboxylic acids is 2. The Balaban J connectivity index is 1.69. The number of rotatable bonds is 9. The lowest BCUT2D eigenvalue weighted by Gasteiger charge is -2.33. The second kappa shape index (κ2) is 12.1. The maximum absolute atomic E-state index is 11.9. The van der Waals surface area contributed by atoms with Gasteiger partial charge >= 0.3 is 0 Å². The Morgan fingerprint density at radius 2 is 1.93 bits per heavy atom. The van der Waals surface area contributed by atoms with Crippen molar-refractivity contribution < 1.29 is 9.59 Å². The number of aliphatic imine (C=N–C) groups is 1. The normalized spacial score (nSPS) is 17.6. The van der Waals surface area contributed by atoms with Crippen LogP contribution in [0.15, 0.2) is 29.3 Å². The zero-order valence-corrected chi connectivity index (χ0v) is 17.5. The minimum absolute atomic E-state index is 0.166. The maximum Gasteiger partial charge on any atom is 0.251 e. The van der Waals surface area contributed by atoms with Gasteiger partial charge in [-0.3, -0.25) is 14.6 Å². The predicted octanol–water partition coefficient (Wildman–Crippen LogP) is 0.831. The van der Waals surface area contributed by atoms with E-state index >= 15 is 0 Å². The second-order valence-corrected chi connectivity index (χ2v) is 7.43. The molecule has 1 aromatic carbocycles. The van der Waals surface area contributed by atoms with E-state index in [2.05, 4.69) is 32.8 Å². The fourth-order valence-corrected chi connectivity index (χ4v) is 3.43. The molecule has 2 amide bonds. The van der Waals surface area contributed by atoms with E-state index in [1.54, 1.807) is 19.2 Å². The van der Waals surface area contributed by atoms with Gasteiger partial charge in [0.25, 0.3) is 5.91 Å². The first-order valence-electron chi connectivity index (χ1n) is 10.3. The number of nitrogens with zero attached hydrogens (tertiary/aromatic N) is 2. The number of amides is 2. The number of piperidine rings is 1. The molecule has 1 heterocycles. The third kappa shape index (κ3) is 8.11. The molecule has 1 saturated heterocycles. The summed E-state index contributed by atoms with van der Waals surface area (Å²) in [6.07, 6.45) is 5.06. The van der Waals surface area contributed by atoms with Crippen molar-refractivity contribution in [2.24, 2.45) is 10.7 Å². The average molecular weight is 403 g/mol. The maximum atomic E-state index is 11.9. The van der Waals surface area contributed by atoms with Crippen molar-refractivity contribution in [2.45, 2.75) is 45.2 Å². The van der Waals surface area contributed by atoms with Crippen LogP contribution >= 0.6 is 0 Å². The van der Waals surface area contributed by atoms with Crippen LogP contribution in [0.25, 0.3) is 0 Å². The van der Waals surface area contributed by atoms with E-state index in [1.165, 1.54) is 25.8 Å². The molecule has 1 aromatic rings. The highest BCUT2D eigenvalue weighted by atomic mass is 16.2. The summed E-state index contributed by atoms with van der Waals surface area (Å²) < 4.78 is 0. The zero-order valence-electron chi connectivity index (χ0n) is 17.5. The quantitative estimate of drug-likeness (QED) is 0.278. The van der Waals surface area contributed by atoms with Gasteiger partial charge in [0.15, 0.2) is 5.96 Å². The molecule has 2 rings (SSSR count). The summed E-state index contributed by atoms with van der Waals surface area (Å²) in [5.41, 5.74) is 6.55. The minimum atomic E-state index is -0.566. The minimum Gasteiger partial charge on any atom is -0.368 e. The van der Waals surface area contributed by atoms with Gasteiger partial charge in [-0.05, 0) is 50.4 Å². The molecule has 0 saturated carbocycles. The number of nitrogens with one attached hydrogen (secondary N) is 3. The van der Waals surface area contributed by atoms with Crippen LogP contribution in [0, 0.1) is 0 Å². The van der Waals surface area contributed by atoms with E-state index in [0.717, 1.165) is 31.0 Å². The second-order valence-electron chi connectivity index (χ2n) is 7.43. The van der Waals surface area contributed by atoms with E-state index < -0.39 is 5.91 Å². The van der Waals surface area contributed by atoms with Crippen LogP contribution in [0.1, 0.15) is 48.5 Å². The zero-order chi connectivity index (χ0) is 21.1. The summed E-state index contributed by atoms with van der Waals surface area (Å²) in [7, 11) is 1.76. The van der Waals surface area contributed by atoms with Crippen molar-refractivity contribution in [2.75, 3.05) is 33.2 Å². The van der Waals surface area contributed by atoms with Gasteiger partial charge in [-0.15, -0.1) is 0 Å². The van der Waals surface area contributed by atoms with Crippen LogP contribution in [-0.2, 0) is 11.3 Å². The number of guanidine groups is 1. The van der Waals surface area contributed by atoms with Crippen molar-refractivity contribution in [3.05, 3.63) is 35.4 Å². The number of primary amides is 1. The van der Waals surface area contributed by atoms with Gasteiger partial charge in [0.2, 0.25) is 5.91 Å². The molecule has 1 aliphatic heterocycles. The molecular formula is C21H34N6O2. The molecule has 5 N–H and O–H groups in total. The lowest BCUT2D eigenvalue weighted by molar-refractivity contribution is -0.117. The Morgan fingerprint density at radius 3 is 2.59 bits per heavy atom. The van der Waals surface area contributed by atoms with Crippen molar-refractivity contribution in [1.82, 2.24) is 20.9 Å². The molecule has 0 bridgehead atoms. The lowest BCUT2D eigenvalue weighted by atomic mass is 10.0. The van der Waals surface area contributed by atoms with Gasteiger partial charge in [-0.25, -0.2) is 0 Å². The highest BCUT2D eigenvalue weighted by molar-refractivity contribution is 5.96. The first kappa shape index (κ1) is 22.7. The molecule has 1 atom stereocenters. The molecule has 0 aromatic heterocycles. The summed E-state index contributed by atoms with van der Waals surface area (Å²) in [5, 5.41) is 9.11. The summed E-state index contributed by atoms with van der Waals surface area (Å²) >= 11 is 0. The Morgan fingerprint density at radius 1 is 1.17 bits per heavy atom. The number of hydrogen-bond acceptors (Lipinski definition) is 4. The number of benzene rings is 1. The average Bonchev–Trinajstić information content (AvgIpc) is 2.73. The van der Waals surface area contributed by atoms with Crippen molar-refractivity contribution in [3.8, 4) is 0 Å². The highest BCUT2D eigenvalue weighted by Crippen LogP contribution is 2.16. The molecule has 8 nitrogen and oxygen atoms in total. The van der Waals surface area contributed by atoms with Crippen LogP contribution in [-0.4, -0.2) is 61.9 Å². The van der Waals surface area contributed by atoms with Gasteiger partial charge < -0.3 is 26.6 Å². The third-order valence-corrected chi connectivity index (χ3v) is 5.18. The Bertz CT molecular complexity index is 689. The van der Waals surface area contributed by atoms with Gasteiger partial charge in [0.1, 0.15) is 0 Å². The summed E-state index contributed by atoms with van der Waals surface area (Å²) in [6.45, 7) is 5.96. The fourth-order valence-electron chi connectivity index (χ4n) is 3.43. The Hall–Kier alpha value is -2.61. The Labute approximate surface area is 173 Å². The monoisotopic (exact) mass is 402 g/mol. The van der Waals surface area contributed by atoms with E-state index in [0.29, 0.717) is 18.2 Å². The topological polar surface area (TPSA) is 112 Å². The van der Waals surface area contributed by atoms with Gasteiger partial charge in [0.05, 0.1) is 6.54 Å². The van der Waals surface area contributed by atoms with Crippen molar-refractivity contribution in [1.29, 1.82) is 0 Å². The summed E-state index contributed by atoms with van der Waals surface area (Å²) in [6, 6.07) is 7.89. The summed E-state index contributed by atoms with van der Waals surface area (Å²) in [4.78, 5) is 29.5. The number of hydrogen-bond donors (Lipinski definition) is 4. The third-order valence-electron chi connectivity index (χ3n) is 5.18. The van der Waals surface area contributed by atoms with E-state index in [1.807, 2.05) is 12.1 Å². The number of nitrogens with two attached hydrogens (primary N) is 1. The Kier molecular flexibility index (Phi) is 9.43. The molecule has 160 valence electrons. The smallest absolute Gasteiger partial charge is 0.251 e. The van der Waals surface area contributed by atoms with Crippen molar-refractivity contribution >= 4 is 17.8 Å². The lowest BCUT2D eigenvalue weighted by Crippen LogP contribution is -2.41. The van der Waals surface area contributed by atoms with Crippen molar-refractivity contribution in [3.63, 3.8) is 0 Å². The first-order chi connectivity index (χ1) is 14.0. The SMILES string of the molecule is CN=C(NCCCN1CCCCC1C)NCc1ccc(C(=O)NCC(N)=O)cc1.